The van der Waals surface area contributed by atoms with Gasteiger partial charge in [0.2, 0.25) is 0 Å². The highest BCUT2D eigenvalue weighted by atomic mass is 16.5. The first-order chi connectivity index (χ1) is 15.1. The van der Waals surface area contributed by atoms with Crippen molar-refractivity contribution in [2.45, 2.75) is 31.7 Å². The molecule has 3 aromatic rings. The summed E-state index contributed by atoms with van der Waals surface area (Å²) in [6.07, 6.45) is 3.21. The van der Waals surface area contributed by atoms with Crippen LogP contribution < -0.4 is 11.2 Å². The van der Waals surface area contributed by atoms with Gasteiger partial charge in [-0.15, -0.1) is 0 Å². The maximum absolute atomic E-state index is 12.7. The van der Waals surface area contributed by atoms with Crippen molar-refractivity contribution in [1.82, 2.24) is 19.0 Å². The minimum absolute atomic E-state index is 0.295. The van der Waals surface area contributed by atoms with Gasteiger partial charge in [0, 0.05) is 38.9 Å². The normalized spacial score (nSPS) is 17.3. The van der Waals surface area contributed by atoms with Gasteiger partial charge in [-0.25, -0.2) is 9.78 Å². The third-order valence-corrected chi connectivity index (χ3v) is 6.21. The second-order valence-electron chi connectivity index (χ2n) is 8.27. The minimum atomic E-state index is -0.354. The summed E-state index contributed by atoms with van der Waals surface area (Å²) in [7, 11) is 3.10. The van der Waals surface area contributed by atoms with Gasteiger partial charge in [0.05, 0.1) is 18.5 Å². The number of fused-ring (bicyclic) bond motifs is 1. The molecule has 3 heterocycles. The molecule has 7 nitrogen and oxygen atoms in total. The Bertz CT molecular complexity index is 1150. The Morgan fingerprint density at radius 2 is 1.90 bits per heavy atom. The maximum Gasteiger partial charge on any atom is 0.332 e. The van der Waals surface area contributed by atoms with Crippen molar-refractivity contribution in [1.29, 1.82) is 0 Å². The first kappa shape index (κ1) is 21.5. The molecular weight excluding hydrogens is 392 g/mol. The molecule has 1 unspecified atom stereocenters. The molecule has 1 aliphatic heterocycles. The molecule has 1 atom stereocenters. The molecule has 0 aliphatic carbocycles. The van der Waals surface area contributed by atoms with Crippen LogP contribution >= 0.6 is 0 Å². The number of aromatic nitrogens is 3. The van der Waals surface area contributed by atoms with Crippen molar-refractivity contribution in [3.8, 4) is 0 Å². The van der Waals surface area contributed by atoms with Crippen molar-refractivity contribution in [2.75, 3.05) is 33.4 Å². The Balaban J connectivity index is 1.59. The van der Waals surface area contributed by atoms with E-state index >= 15 is 0 Å². The molecule has 164 valence electrons. The number of likely N-dealkylation sites (tertiary alicyclic amines) is 1. The number of hydrogen-bond acceptors (Lipinski definition) is 5. The number of pyridine rings is 1. The van der Waals surface area contributed by atoms with Crippen LogP contribution in [-0.4, -0.2) is 52.4 Å². The average Bonchev–Trinajstić information content (AvgIpc) is 2.82. The van der Waals surface area contributed by atoms with Gasteiger partial charge in [-0.3, -0.25) is 13.9 Å². The second-order valence-corrected chi connectivity index (χ2v) is 8.27. The van der Waals surface area contributed by atoms with Gasteiger partial charge in [-0.05, 0) is 43.5 Å². The molecule has 4 rings (SSSR count). The summed E-state index contributed by atoms with van der Waals surface area (Å²) >= 11 is 0. The van der Waals surface area contributed by atoms with Gasteiger partial charge in [0.15, 0.2) is 0 Å². The lowest BCUT2D eigenvalue weighted by molar-refractivity contribution is 0.186. The summed E-state index contributed by atoms with van der Waals surface area (Å²) in [5.41, 5.74) is 2.11. The van der Waals surface area contributed by atoms with Crippen LogP contribution in [0, 0.1) is 0 Å². The lowest BCUT2D eigenvalue weighted by atomic mass is 9.93. The Morgan fingerprint density at radius 1 is 1.10 bits per heavy atom. The fourth-order valence-corrected chi connectivity index (χ4v) is 4.42. The Morgan fingerprint density at radius 3 is 2.68 bits per heavy atom. The summed E-state index contributed by atoms with van der Waals surface area (Å²) in [4.78, 5) is 32.6. The third kappa shape index (κ3) is 4.62. The molecule has 1 aliphatic rings. The molecule has 0 N–H and O–H groups in total. The largest absolute Gasteiger partial charge is 0.383 e. The van der Waals surface area contributed by atoms with Crippen LogP contribution in [0.2, 0.25) is 0 Å². The monoisotopic (exact) mass is 422 g/mol. The molecule has 1 fully saturated rings. The number of nitrogens with zero attached hydrogens (tertiary/aromatic N) is 4. The first-order valence-electron chi connectivity index (χ1n) is 10.9. The van der Waals surface area contributed by atoms with Gasteiger partial charge < -0.3 is 9.64 Å². The number of piperidine rings is 1. The molecule has 2 aromatic heterocycles. The lowest BCUT2D eigenvalue weighted by Gasteiger charge is -2.32. The molecule has 0 radical (unpaired) electrons. The highest BCUT2D eigenvalue weighted by molar-refractivity contribution is 5.74. The molecule has 7 heteroatoms. The quantitative estimate of drug-likeness (QED) is 0.584. The summed E-state index contributed by atoms with van der Waals surface area (Å²) < 4.78 is 7.86. The number of hydrogen-bond donors (Lipinski definition) is 0. The second kappa shape index (κ2) is 9.58. The summed E-state index contributed by atoms with van der Waals surface area (Å²) in [5, 5.41) is 0.471. The van der Waals surface area contributed by atoms with Crippen LogP contribution in [0.1, 0.15) is 30.0 Å². The molecule has 0 spiro atoms. The molecular formula is C24H30N4O3. The van der Waals surface area contributed by atoms with Crippen LogP contribution in [0.3, 0.4) is 0 Å². The van der Waals surface area contributed by atoms with E-state index in [0.29, 0.717) is 30.1 Å². The zero-order chi connectivity index (χ0) is 21.8. The summed E-state index contributed by atoms with van der Waals surface area (Å²) in [6.45, 7) is 3.81. The first-order valence-corrected chi connectivity index (χ1v) is 10.9. The molecule has 31 heavy (non-hydrogen) atoms. The summed E-state index contributed by atoms with van der Waals surface area (Å²) in [5.74, 6) is 0.295. The van der Waals surface area contributed by atoms with Crippen molar-refractivity contribution in [2.24, 2.45) is 7.05 Å². The smallest absolute Gasteiger partial charge is 0.332 e. The van der Waals surface area contributed by atoms with E-state index in [2.05, 4.69) is 29.2 Å². The zero-order valence-electron chi connectivity index (χ0n) is 18.3. The van der Waals surface area contributed by atoms with Crippen LogP contribution in [0.15, 0.2) is 52.1 Å². The topological polar surface area (TPSA) is 69.4 Å². The molecule has 0 bridgehead atoms. The highest BCUT2D eigenvalue weighted by Gasteiger charge is 2.23. The maximum atomic E-state index is 12.7. The van der Waals surface area contributed by atoms with E-state index < -0.39 is 0 Å². The van der Waals surface area contributed by atoms with E-state index in [0.717, 1.165) is 49.2 Å². The van der Waals surface area contributed by atoms with Crippen molar-refractivity contribution >= 4 is 11.0 Å². The van der Waals surface area contributed by atoms with Crippen molar-refractivity contribution in [3.63, 3.8) is 0 Å². The van der Waals surface area contributed by atoms with Crippen LogP contribution in [-0.2, 0) is 24.8 Å². The Hall–Kier alpha value is -2.77. The summed E-state index contributed by atoms with van der Waals surface area (Å²) in [6, 6.07) is 14.3. The highest BCUT2D eigenvalue weighted by Crippen LogP contribution is 2.26. The Kier molecular flexibility index (Phi) is 6.63. The van der Waals surface area contributed by atoms with Gasteiger partial charge >= 0.3 is 5.69 Å². The molecule has 1 saturated heterocycles. The molecule has 1 aromatic carbocycles. The fraction of sp³-hybridized carbons (Fsp3) is 0.458. The Labute approximate surface area is 181 Å². The average molecular weight is 423 g/mol. The van der Waals surface area contributed by atoms with Crippen LogP contribution in [0.25, 0.3) is 11.0 Å². The third-order valence-electron chi connectivity index (χ3n) is 6.21. The molecule has 0 saturated carbocycles. The minimum Gasteiger partial charge on any atom is -0.383 e. The molecule has 0 amide bonds. The van der Waals surface area contributed by atoms with E-state index in [4.69, 9.17) is 9.72 Å². The number of rotatable bonds is 7. The zero-order valence-corrected chi connectivity index (χ0v) is 18.3. The van der Waals surface area contributed by atoms with Gasteiger partial charge in [0.25, 0.3) is 5.56 Å². The predicted octanol–water partition coefficient (Wildman–Crippen LogP) is 2.16. The van der Waals surface area contributed by atoms with Gasteiger partial charge in [-0.1, -0.05) is 30.3 Å². The van der Waals surface area contributed by atoms with E-state index in [1.54, 1.807) is 11.7 Å². The van der Waals surface area contributed by atoms with E-state index in [9.17, 15) is 9.59 Å². The standard InChI is InChI=1S/C24H30N4O3/c1-26-23(29)20-10-11-21(25-22(20)28(24(26)30)15-16-31-2)19-9-6-13-27(17-19)14-12-18-7-4-3-5-8-18/h3-5,7-8,10-11,19H,6,9,12-17H2,1-2H3. The van der Waals surface area contributed by atoms with Crippen molar-refractivity contribution in [3.05, 3.63) is 74.6 Å². The van der Waals surface area contributed by atoms with Gasteiger partial charge in [0.1, 0.15) is 5.65 Å². The number of benzene rings is 1. The van der Waals surface area contributed by atoms with Crippen LogP contribution in [0.4, 0.5) is 0 Å². The number of methoxy groups -OCH3 is 1. The SMILES string of the molecule is COCCn1c(=O)n(C)c(=O)c2ccc(C3CCCN(CCc4ccccc4)C3)nc21. The number of ether oxygens (including phenoxy) is 1. The van der Waals surface area contributed by atoms with Gasteiger partial charge in [-0.2, -0.15) is 0 Å². The van der Waals surface area contributed by atoms with E-state index in [1.807, 2.05) is 18.2 Å². The van der Waals surface area contributed by atoms with Crippen molar-refractivity contribution < 1.29 is 4.74 Å². The fourth-order valence-electron chi connectivity index (χ4n) is 4.42. The van der Waals surface area contributed by atoms with E-state index in [1.165, 1.54) is 12.6 Å². The predicted molar refractivity (Wildman–Crippen MR) is 122 cm³/mol. The lowest BCUT2D eigenvalue weighted by Crippen LogP contribution is -2.39. The van der Waals surface area contributed by atoms with E-state index in [-0.39, 0.29) is 11.2 Å². The van der Waals surface area contributed by atoms with Crippen LogP contribution in [0.5, 0.6) is 0 Å².